The van der Waals surface area contributed by atoms with Gasteiger partial charge in [-0.2, -0.15) is 14.9 Å². The van der Waals surface area contributed by atoms with Gasteiger partial charge in [-0.1, -0.05) is 0 Å². The molecule has 3 aromatic rings. The highest BCUT2D eigenvalue weighted by atomic mass is 15.5. The first-order valence-electron chi connectivity index (χ1n) is 6.69. The average molecular weight is 283 g/mol. The topological polar surface area (TPSA) is 76.7 Å². The van der Waals surface area contributed by atoms with Gasteiger partial charge in [0.25, 0.3) is 5.95 Å². The van der Waals surface area contributed by atoms with Gasteiger partial charge in [-0.25, -0.2) is 4.68 Å². The second-order valence-electron chi connectivity index (χ2n) is 5.09. The smallest absolute Gasteiger partial charge is 0.273 e. The number of aromatic nitrogens is 6. The van der Waals surface area contributed by atoms with E-state index in [0.29, 0.717) is 5.95 Å². The van der Waals surface area contributed by atoms with E-state index in [1.165, 1.54) is 0 Å². The molecule has 0 bridgehead atoms. The van der Waals surface area contributed by atoms with Crippen molar-refractivity contribution in [3.8, 4) is 5.95 Å². The van der Waals surface area contributed by atoms with Crippen molar-refractivity contribution in [2.24, 2.45) is 5.10 Å². The molecule has 21 heavy (non-hydrogen) atoms. The van der Waals surface area contributed by atoms with Crippen molar-refractivity contribution in [1.82, 2.24) is 29.6 Å². The Hall–Kier alpha value is -2.70. The van der Waals surface area contributed by atoms with Crippen LogP contribution in [-0.4, -0.2) is 35.9 Å². The Bertz CT molecular complexity index is 803. The summed E-state index contributed by atoms with van der Waals surface area (Å²) in [6, 6.07) is 4.04. The van der Waals surface area contributed by atoms with Crippen LogP contribution in [0.25, 0.3) is 5.95 Å². The maximum absolute atomic E-state index is 4.42. The third kappa shape index (κ3) is 2.49. The number of rotatable bonds is 3. The molecule has 0 aliphatic carbocycles. The molecule has 1 N–H and O–H groups in total. The molecule has 0 saturated heterocycles. The molecule has 0 amide bonds. The Kier molecular flexibility index (Phi) is 3.17. The molecular formula is C14H17N7. The van der Waals surface area contributed by atoms with Crippen LogP contribution >= 0.6 is 0 Å². The zero-order chi connectivity index (χ0) is 15.0. The normalized spacial score (nSPS) is 11.6. The zero-order valence-electron chi connectivity index (χ0n) is 12.5. The first kappa shape index (κ1) is 13.3. The molecule has 7 heteroatoms. The Morgan fingerprint density at radius 3 is 2.62 bits per heavy atom. The van der Waals surface area contributed by atoms with E-state index in [2.05, 4.69) is 25.4 Å². The van der Waals surface area contributed by atoms with Gasteiger partial charge in [0.15, 0.2) is 0 Å². The molecular weight excluding hydrogens is 266 g/mol. The second kappa shape index (κ2) is 5.01. The molecule has 0 aliphatic heterocycles. The van der Waals surface area contributed by atoms with Gasteiger partial charge in [0, 0.05) is 22.6 Å². The molecule has 0 saturated carbocycles. The Labute approximate surface area is 122 Å². The number of hydrogen-bond acceptors (Lipinski definition) is 4. The average Bonchev–Trinajstić information content (AvgIpc) is 3.07. The number of aryl methyl sites for hydroxylation is 4. The van der Waals surface area contributed by atoms with E-state index < -0.39 is 0 Å². The fraction of sp³-hybridized carbons (Fsp3) is 0.286. The van der Waals surface area contributed by atoms with Gasteiger partial charge < -0.3 is 4.98 Å². The monoisotopic (exact) mass is 283 g/mol. The van der Waals surface area contributed by atoms with E-state index in [0.717, 1.165) is 28.3 Å². The summed E-state index contributed by atoms with van der Waals surface area (Å²) in [7, 11) is 0. The first-order chi connectivity index (χ1) is 10.0. The third-order valence-corrected chi connectivity index (χ3v) is 3.22. The molecule has 0 aromatic carbocycles. The van der Waals surface area contributed by atoms with Crippen molar-refractivity contribution in [2.75, 3.05) is 0 Å². The van der Waals surface area contributed by atoms with E-state index >= 15 is 0 Å². The van der Waals surface area contributed by atoms with Gasteiger partial charge in [0.2, 0.25) is 0 Å². The lowest BCUT2D eigenvalue weighted by molar-refractivity contribution is 0.717. The van der Waals surface area contributed by atoms with E-state index in [-0.39, 0.29) is 0 Å². The lowest BCUT2D eigenvalue weighted by Gasteiger charge is -2.02. The first-order valence-corrected chi connectivity index (χ1v) is 6.69. The van der Waals surface area contributed by atoms with Crippen molar-refractivity contribution < 1.29 is 0 Å². The number of aromatic amines is 1. The van der Waals surface area contributed by atoms with Gasteiger partial charge in [-0.05, 0) is 39.8 Å². The van der Waals surface area contributed by atoms with Crippen LogP contribution in [0.5, 0.6) is 0 Å². The largest absolute Gasteiger partial charge is 0.362 e. The lowest BCUT2D eigenvalue weighted by atomic mass is 10.3. The summed E-state index contributed by atoms with van der Waals surface area (Å²) in [6.45, 7) is 7.95. The van der Waals surface area contributed by atoms with Crippen LogP contribution in [0.15, 0.2) is 23.6 Å². The minimum absolute atomic E-state index is 0.571. The van der Waals surface area contributed by atoms with Crippen molar-refractivity contribution in [3.63, 3.8) is 0 Å². The highest BCUT2D eigenvalue weighted by Crippen LogP contribution is 2.10. The Balaban J connectivity index is 1.96. The molecule has 0 aliphatic rings. The standard InChI is InChI=1S/C14H17N7/c1-9-6-13(12(4)17-9)7-16-20-8-15-18-14(20)21-11(3)5-10(2)19-21/h5-8,17H,1-4H3/b16-7+. The maximum Gasteiger partial charge on any atom is 0.273 e. The molecule has 3 heterocycles. The second-order valence-corrected chi connectivity index (χ2v) is 5.09. The molecule has 0 fully saturated rings. The summed E-state index contributed by atoms with van der Waals surface area (Å²) in [6.07, 6.45) is 3.36. The summed E-state index contributed by atoms with van der Waals surface area (Å²) in [4.78, 5) is 3.25. The molecule has 3 aromatic heterocycles. The van der Waals surface area contributed by atoms with E-state index in [4.69, 9.17) is 0 Å². The summed E-state index contributed by atoms with van der Waals surface area (Å²) in [5.74, 6) is 0.571. The van der Waals surface area contributed by atoms with Crippen LogP contribution in [0.4, 0.5) is 0 Å². The number of nitrogens with one attached hydrogen (secondary N) is 1. The number of H-pyrrole nitrogens is 1. The fourth-order valence-electron chi connectivity index (χ4n) is 2.28. The molecule has 0 atom stereocenters. The van der Waals surface area contributed by atoms with Crippen LogP contribution in [0.1, 0.15) is 28.3 Å². The summed E-state index contributed by atoms with van der Waals surface area (Å²) >= 11 is 0. The van der Waals surface area contributed by atoms with E-state index in [1.54, 1.807) is 21.9 Å². The molecule has 7 nitrogen and oxygen atoms in total. The molecule has 0 spiro atoms. The van der Waals surface area contributed by atoms with Crippen molar-refractivity contribution in [3.05, 3.63) is 46.8 Å². The van der Waals surface area contributed by atoms with Gasteiger partial charge in [0.05, 0.1) is 11.9 Å². The van der Waals surface area contributed by atoms with Crippen molar-refractivity contribution in [1.29, 1.82) is 0 Å². The fourth-order valence-corrected chi connectivity index (χ4v) is 2.28. The quantitative estimate of drug-likeness (QED) is 0.746. The van der Waals surface area contributed by atoms with Crippen LogP contribution in [0, 0.1) is 27.7 Å². The van der Waals surface area contributed by atoms with E-state index in [1.807, 2.05) is 39.8 Å². The van der Waals surface area contributed by atoms with Crippen LogP contribution in [0.3, 0.4) is 0 Å². The van der Waals surface area contributed by atoms with Gasteiger partial charge in [0.1, 0.15) is 6.33 Å². The Morgan fingerprint density at radius 2 is 2.00 bits per heavy atom. The minimum atomic E-state index is 0.571. The predicted octanol–water partition coefficient (Wildman–Crippen LogP) is 1.91. The highest BCUT2D eigenvalue weighted by molar-refractivity contribution is 5.81. The number of nitrogens with zero attached hydrogens (tertiary/aromatic N) is 6. The summed E-state index contributed by atoms with van der Waals surface area (Å²) < 4.78 is 3.34. The summed E-state index contributed by atoms with van der Waals surface area (Å²) in [5, 5.41) is 16.8. The van der Waals surface area contributed by atoms with Crippen LogP contribution < -0.4 is 0 Å². The Morgan fingerprint density at radius 1 is 1.19 bits per heavy atom. The number of hydrogen-bond donors (Lipinski definition) is 1. The van der Waals surface area contributed by atoms with Crippen LogP contribution in [0.2, 0.25) is 0 Å². The predicted molar refractivity (Wildman–Crippen MR) is 79.9 cm³/mol. The minimum Gasteiger partial charge on any atom is -0.362 e. The molecule has 108 valence electrons. The SMILES string of the molecule is Cc1cc(C)n(-c2nncn2/N=C/c2cc(C)[nH]c2C)n1. The van der Waals surface area contributed by atoms with E-state index in [9.17, 15) is 0 Å². The molecule has 0 unspecified atom stereocenters. The van der Waals surface area contributed by atoms with Crippen molar-refractivity contribution in [2.45, 2.75) is 27.7 Å². The van der Waals surface area contributed by atoms with Crippen molar-refractivity contribution >= 4 is 6.21 Å². The molecule has 3 rings (SSSR count). The van der Waals surface area contributed by atoms with Gasteiger partial charge in [-0.3, -0.25) is 0 Å². The highest BCUT2D eigenvalue weighted by Gasteiger charge is 2.10. The third-order valence-electron chi connectivity index (χ3n) is 3.22. The maximum atomic E-state index is 4.42. The molecule has 0 radical (unpaired) electrons. The van der Waals surface area contributed by atoms with Gasteiger partial charge >= 0.3 is 0 Å². The van der Waals surface area contributed by atoms with Gasteiger partial charge in [-0.15, -0.1) is 10.2 Å². The summed E-state index contributed by atoms with van der Waals surface area (Å²) in [5.41, 5.74) is 5.16. The van der Waals surface area contributed by atoms with Crippen LogP contribution in [-0.2, 0) is 0 Å². The lowest BCUT2D eigenvalue weighted by Crippen LogP contribution is -2.06. The zero-order valence-corrected chi connectivity index (χ0v) is 12.5.